The van der Waals surface area contributed by atoms with Gasteiger partial charge in [-0.1, -0.05) is 42.3 Å². The molecule has 2 nitrogen and oxygen atoms in total. The van der Waals surface area contributed by atoms with Crippen LogP contribution in [0.25, 0.3) is 0 Å². The van der Waals surface area contributed by atoms with E-state index in [1.807, 2.05) is 18.2 Å². The summed E-state index contributed by atoms with van der Waals surface area (Å²) in [6.45, 7) is 4.49. The SMILES string of the molecule is CCCOc1ccc(CNCCc2ccc(Cl)cc2Cl)cc1Br. The van der Waals surface area contributed by atoms with Crippen LogP contribution in [0.4, 0.5) is 0 Å². The monoisotopic (exact) mass is 415 g/mol. The molecule has 0 unspecified atom stereocenters. The largest absolute Gasteiger partial charge is 0.492 e. The van der Waals surface area contributed by atoms with Crippen LogP contribution in [0.15, 0.2) is 40.9 Å². The molecule has 0 heterocycles. The van der Waals surface area contributed by atoms with E-state index in [9.17, 15) is 0 Å². The number of nitrogens with one attached hydrogen (secondary N) is 1. The molecule has 0 aliphatic heterocycles. The van der Waals surface area contributed by atoms with E-state index in [4.69, 9.17) is 27.9 Å². The van der Waals surface area contributed by atoms with E-state index in [1.54, 1.807) is 6.07 Å². The van der Waals surface area contributed by atoms with E-state index < -0.39 is 0 Å². The number of rotatable bonds is 8. The topological polar surface area (TPSA) is 21.3 Å². The first-order chi connectivity index (χ1) is 11.1. The molecule has 0 saturated heterocycles. The van der Waals surface area contributed by atoms with Crippen molar-refractivity contribution in [3.05, 3.63) is 62.0 Å². The molecular formula is C18H20BrCl2NO. The molecule has 5 heteroatoms. The third kappa shape index (κ3) is 6.00. The van der Waals surface area contributed by atoms with Crippen LogP contribution in [0.2, 0.25) is 10.0 Å². The van der Waals surface area contributed by atoms with Crippen LogP contribution in [-0.2, 0) is 13.0 Å². The maximum absolute atomic E-state index is 6.17. The van der Waals surface area contributed by atoms with Gasteiger partial charge in [0.25, 0.3) is 0 Å². The van der Waals surface area contributed by atoms with Crippen molar-refractivity contribution in [2.45, 2.75) is 26.3 Å². The Hall–Kier alpha value is -0.740. The van der Waals surface area contributed by atoms with Gasteiger partial charge in [-0.2, -0.15) is 0 Å². The van der Waals surface area contributed by atoms with Gasteiger partial charge in [0.1, 0.15) is 5.75 Å². The molecule has 124 valence electrons. The zero-order chi connectivity index (χ0) is 16.7. The quantitative estimate of drug-likeness (QED) is 0.542. The van der Waals surface area contributed by atoms with Crippen LogP contribution in [-0.4, -0.2) is 13.2 Å². The molecule has 2 aromatic rings. The highest BCUT2D eigenvalue weighted by Crippen LogP contribution is 2.26. The average molecular weight is 417 g/mol. The van der Waals surface area contributed by atoms with Crippen LogP contribution in [0.5, 0.6) is 5.75 Å². The average Bonchev–Trinajstić information content (AvgIpc) is 2.52. The van der Waals surface area contributed by atoms with Gasteiger partial charge in [0.2, 0.25) is 0 Å². The fourth-order valence-electron chi connectivity index (χ4n) is 2.16. The molecule has 0 radical (unpaired) electrons. The van der Waals surface area contributed by atoms with Crippen LogP contribution in [0.1, 0.15) is 24.5 Å². The van der Waals surface area contributed by atoms with Crippen molar-refractivity contribution in [1.82, 2.24) is 5.32 Å². The van der Waals surface area contributed by atoms with Gasteiger partial charge in [-0.3, -0.25) is 0 Å². The zero-order valence-corrected chi connectivity index (χ0v) is 16.1. The second-order valence-electron chi connectivity index (χ2n) is 5.28. The van der Waals surface area contributed by atoms with Crippen molar-refractivity contribution in [2.24, 2.45) is 0 Å². The summed E-state index contributed by atoms with van der Waals surface area (Å²) in [5.74, 6) is 0.892. The van der Waals surface area contributed by atoms with E-state index in [-0.39, 0.29) is 0 Å². The highest BCUT2D eigenvalue weighted by Gasteiger charge is 2.04. The third-order valence-corrected chi connectivity index (χ3v) is 4.58. The molecule has 1 N–H and O–H groups in total. The minimum absolute atomic E-state index is 0.668. The number of halogens is 3. The second kappa shape index (κ2) is 9.53. The number of benzene rings is 2. The Bertz CT molecular complexity index is 649. The van der Waals surface area contributed by atoms with Crippen LogP contribution in [0.3, 0.4) is 0 Å². The summed E-state index contributed by atoms with van der Waals surface area (Å²) in [5, 5.41) is 4.82. The highest BCUT2D eigenvalue weighted by atomic mass is 79.9. The predicted molar refractivity (Wildman–Crippen MR) is 102 cm³/mol. The number of hydrogen-bond donors (Lipinski definition) is 1. The molecule has 0 bridgehead atoms. The minimum atomic E-state index is 0.668. The summed E-state index contributed by atoms with van der Waals surface area (Å²) < 4.78 is 6.65. The van der Waals surface area contributed by atoms with Crippen molar-refractivity contribution in [3.63, 3.8) is 0 Å². The molecule has 23 heavy (non-hydrogen) atoms. The lowest BCUT2D eigenvalue weighted by atomic mass is 10.1. The molecule has 0 atom stereocenters. The Morgan fingerprint density at radius 1 is 1.13 bits per heavy atom. The Balaban J connectivity index is 1.81. The minimum Gasteiger partial charge on any atom is -0.492 e. The summed E-state index contributed by atoms with van der Waals surface area (Å²) in [7, 11) is 0. The normalized spacial score (nSPS) is 10.8. The van der Waals surface area contributed by atoms with Gasteiger partial charge in [-0.15, -0.1) is 0 Å². The van der Waals surface area contributed by atoms with Gasteiger partial charge >= 0.3 is 0 Å². The molecule has 0 fully saturated rings. The first-order valence-electron chi connectivity index (χ1n) is 7.66. The maximum atomic E-state index is 6.17. The molecule has 0 aliphatic rings. The fraction of sp³-hybridized carbons (Fsp3) is 0.333. The van der Waals surface area contributed by atoms with Crippen molar-refractivity contribution < 1.29 is 4.74 Å². The van der Waals surface area contributed by atoms with E-state index in [1.165, 1.54) is 5.56 Å². The van der Waals surface area contributed by atoms with Gasteiger partial charge in [-0.25, -0.2) is 0 Å². The fourth-order valence-corrected chi connectivity index (χ4v) is 3.21. The summed E-state index contributed by atoms with van der Waals surface area (Å²) in [5.41, 5.74) is 2.32. The van der Waals surface area contributed by atoms with Crippen LogP contribution >= 0.6 is 39.1 Å². The first-order valence-corrected chi connectivity index (χ1v) is 9.21. The molecule has 2 rings (SSSR count). The Labute approximate surface area is 156 Å². The lowest BCUT2D eigenvalue weighted by Gasteiger charge is -2.10. The Kier molecular flexibility index (Phi) is 7.71. The maximum Gasteiger partial charge on any atom is 0.133 e. The highest BCUT2D eigenvalue weighted by molar-refractivity contribution is 9.10. The van der Waals surface area contributed by atoms with E-state index in [0.717, 1.165) is 53.3 Å². The Morgan fingerprint density at radius 3 is 2.65 bits per heavy atom. The molecule has 0 saturated carbocycles. The smallest absolute Gasteiger partial charge is 0.133 e. The molecule has 2 aromatic carbocycles. The summed E-state index contributed by atoms with van der Waals surface area (Å²) in [6, 6.07) is 11.8. The summed E-state index contributed by atoms with van der Waals surface area (Å²) >= 11 is 15.6. The molecule has 0 aromatic heterocycles. The van der Waals surface area contributed by atoms with Gasteiger partial charge in [0, 0.05) is 16.6 Å². The van der Waals surface area contributed by atoms with Gasteiger partial charge in [-0.05, 0) is 70.7 Å². The number of hydrogen-bond acceptors (Lipinski definition) is 2. The van der Waals surface area contributed by atoms with E-state index in [0.29, 0.717) is 5.02 Å². The lowest BCUT2D eigenvalue weighted by Crippen LogP contribution is -2.16. The van der Waals surface area contributed by atoms with Gasteiger partial charge in [0.05, 0.1) is 11.1 Å². The summed E-state index contributed by atoms with van der Waals surface area (Å²) in [4.78, 5) is 0. The van der Waals surface area contributed by atoms with Crippen molar-refractivity contribution >= 4 is 39.1 Å². The molecule has 0 aliphatic carbocycles. The predicted octanol–water partition coefficient (Wildman–Crippen LogP) is 5.88. The van der Waals surface area contributed by atoms with Crippen molar-refractivity contribution in [1.29, 1.82) is 0 Å². The molecular weight excluding hydrogens is 397 g/mol. The zero-order valence-electron chi connectivity index (χ0n) is 13.0. The second-order valence-corrected chi connectivity index (χ2v) is 6.97. The van der Waals surface area contributed by atoms with E-state index in [2.05, 4.69) is 40.3 Å². The van der Waals surface area contributed by atoms with Gasteiger partial charge in [0.15, 0.2) is 0 Å². The third-order valence-electron chi connectivity index (χ3n) is 3.37. The van der Waals surface area contributed by atoms with Crippen molar-refractivity contribution in [3.8, 4) is 5.75 Å². The number of ether oxygens (including phenoxy) is 1. The molecule has 0 amide bonds. The van der Waals surface area contributed by atoms with Gasteiger partial charge < -0.3 is 10.1 Å². The van der Waals surface area contributed by atoms with Crippen LogP contribution < -0.4 is 10.1 Å². The lowest BCUT2D eigenvalue weighted by molar-refractivity contribution is 0.315. The van der Waals surface area contributed by atoms with Crippen LogP contribution in [0, 0.1) is 0 Å². The molecule has 0 spiro atoms. The standard InChI is InChI=1S/C18H20BrCl2NO/c1-2-9-23-18-6-3-13(10-16(18)19)12-22-8-7-14-4-5-15(20)11-17(14)21/h3-6,10-11,22H,2,7-9,12H2,1H3. The van der Waals surface area contributed by atoms with Crippen molar-refractivity contribution in [2.75, 3.05) is 13.2 Å². The van der Waals surface area contributed by atoms with E-state index >= 15 is 0 Å². The Morgan fingerprint density at radius 2 is 1.96 bits per heavy atom. The first kappa shape index (κ1) is 18.6. The summed E-state index contributed by atoms with van der Waals surface area (Å²) in [6.07, 6.45) is 1.87.